The summed E-state index contributed by atoms with van der Waals surface area (Å²) < 4.78 is 7.47. The zero-order chi connectivity index (χ0) is 22.0. The summed E-state index contributed by atoms with van der Waals surface area (Å²) in [5.41, 5.74) is 3.64. The third-order valence-corrected chi connectivity index (χ3v) is 6.70. The number of benzene rings is 2. The number of aryl methyl sites for hydroxylation is 1. The minimum absolute atomic E-state index is 0.0582. The molecule has 0 saturated carbocycles. The molecule has 1 atom stereocenters. The van der Waals surface area contributed by atoms with Gasteiger partial charge in [-0.3, -0.25) is 0 Å². The summed E-state index contributed by atoms with van der Waals surface area (Å²) in [6, 6.07) is 13.8. The predicted molar refractivity (Wildman–Crippen MR) is 129 cm³/mol. The Bertz CT molecular complexity index is 1240. The van der Waals surface area contributed by atoms with Gasteiger partial charge < -0.3 is 9.84 Å². The Morgan fingerprint density at radius 1 is 1.16 bits per heavy atom. The normalized spacial score (nSPS) is 12.4. The number of aromatic carboxylic acids is 1. The summed E-state index contributed by atoms with van der Waals surface area (Å²) in [7, 11) is 0. The second-order valence-corrected chi connectivity index (χ2v) is 8.65. The van der Waals surface area contributed by atoms with Crippen molar-refractivity contribution in [3.63, 3.8) is 0 Å². The molecule has 1 N–H and O–H groups in total. The predicted octanol–water partition coefficient (Wildman–Crippen LogP) is 7.33. The van der Waals surface area contributed by atoms with Crippen molar-refractivity contribution < 1.29 is 14.6 Å². The fourth-order valence-corrected chi connectivity index (χ4v) is 5.03. The number of fused-ring (bicyclic) bond motifs is 2. The molecule has 0 saturated heterocycles. The fourth-order valence-electron chi connectivity index (χ4n) is 4.08. The zero-order valence-corrected chi connectivity index (χ0v) is 19.0. The number of hydrogen-bond acceptors (Lipinski definition) is 4. The average Bonchev–Trinajstić information content (AvgIpc) is 3.22. The number of carbonyl (C=O) groups is 1. The van der Waals surface area contributed by atoms with Crippen molar-refractivity contribution in [3.05, 3.63) is 59.0 Å². The molecule has 5 heteroatoms. The Labute approximate surface area is 186 Å². The minimum Gasteiger partial charge on any atom is -0.490 e. The van der Waals surface area contributed by atoms with Gasteiger partial charge in [0, 0.05) is 21.0 Å². The molecule has 31 heavy (non-hydrogen) atoms. The Morgan fingerprint density at radius 2 is 1.97 bits per heavy atom. The second kappa shape index (κ2) is 9.06. The van der Waals surface area contributed by atoms with E-state index in [0.717, 1.165) is 52.4 Å². The summed E-state index contributed by atoms with van der Waals surface area (Å²) in [5, 5.41) is 13.9. The van der Waals surface area contributed by atoms with Crippen LogP contribution in [0.1, 0.15) is 56.0 Å². The Hall–Kier alpha value is -2.92. The summed E-state index contributed by atoms with van der Waals surface area (Å²) in [5.74, 6) is -0.353. The first-order chi connectivity index (χ1) is 15.1. The van der Waals surface area contributed by atoms with E-state index in [-0.39, 0.29) is 11.7 Å². The molecule has 2 aromatic heterocycles. The lowest BCUT2D eigenvalue weighted by atomic mass is 9.99. The molecule has 1 unspecified atom stereocenters. The van der Waals surface area contributed by atoms with Gasteiger partial charge in [0.15, 0.2) is 0 Å². The molecule has 0 aliphatic rings. The molecule has 4 nitrogen and oxygen atoms in total. The van der Waals surface area contributed by atoms with Crippen LogP contribution < -0.4 is 4.74 Å². The van der Waals surface area contributed by atoms with Crippen LogP contribution in [0.2, 0.25) is 0 Å². The van der Waals surface area contributed by atoms with Gasteiger partial charge in [0.2, 0.25) is 0 Å². The maximum atomic E-state index is 12.4. The summed E-state index contributed by atoms with van der Waals surface area (Å²) in [6.07, 6.45) is 3.65. The monoisotopic (exact) mass is 433 g/mol. The van der Waals surface area contributed by atoms with Crippen molar-refractivity contribution in [2.45, 2.75) is 52.6 Å². The first kappa shape index (κ1) is 21.3. The van der Waals surface area contributed by atoms with Crippen LogP contribution in [0.4, 0.5) is 0 Å². The molecule has 4 rings (SSSR count). The summed E-state index contributed by atoms with van der Waals surface area (Å²) in [6.45, 7) is 6.29. The largest absolute Gasteiger partial charge is 0.490 e. The highest BCUT2D eigenvalue weighted by Crippen LogP contribution is 2.38. The highest BCUT2D eigenvalue weighted by molar-refractivity contribution is 7.17. The molecule has 0 aliphatic carbocycles. The standard InChI is InChI=1S/C26H27NO3S/c1-4-9-17(6-3)30-22-13-12-16(5-2)25-24(22)19(26(28)29)14-21(27-25)20-15-31-23-11-8-7-10-18(20)23/h7-8,10-15,17H,4-6,9H2,1-3H3,(H,28,29). The summed E-state index contributed by atoms with van der Waals surface area (Å²) in [4.78, 5) is 17.3. The van der Waals surface area contributed by atoms with Crippen LogP contribution in [0.5, 0.6) is 5.75 Å². The SMILES string of the molecule is CCCC(CC)Oc1ccc(CC)c2nc(-c3csc4ccccc34)cc(C(=O)O)c12. The topological polar surface area (TPSA) is 59.4 Å². The van der Waals surface area contributed by atoms with Gasteiger partial charge in [-0.25, -0.2) is 9.78 Å². The van der Waals surface area contributed by atoms with Gasteiger partial charge in [-0.2, -0.15) is 0 Å². The molecule has 0 spiro atoms. The van der Waals surface area contributed by atoms with E-state index < -0.39 is 5.97 Å². The highest BCUT2D eigenvalue weighted by atomic mass is 32.1. The van der Waals surface area contributed by atoms with E-state index in [1.807, 2.05) is 24.3 Å². The van der Waals surface area contributed by atoms with Crippen molar-refractivity contribution in [1.29, 1.82) is 0 Å². The fraction of sp³-hybridized carbons (Fsp3) is 0.308. The van der Waals surface area contributed by atoms with Gasteiger partial charge in [-0.05, 0) is 43.0 Å². The highest BCUT2D eigenvalue weighted by Gasteiger charge is 2.21. The van der Waals surface area contributed by atoms with Gasteiger partial charge in [-0.15, -0.1) is 11.3 Å². The molecular formula is C26H27NO3S. The van der Waals surface area contributed by atoms with Crippen molar-refractivity contribution >= 4 is 38.3 Å². The van der Waals surface area contributed by atoms with Crippen LogP contribution in [0.25, 0.3) is 32.2 Å². The van der Waals surface area contributed by atoms with E-state index in [0.29, 0.717) is 16.8 Å². The molecular weight excluding hydrogens is 406 g/mol. The van der Waals surface area contributed by atoms with Crippen molar-refractivity contribution in [2.75, 3.05) is 0 Å². The molecule has 0 radical (unpaired) electrons. The van der Waals surface area contributed by atoms with Crippen LogP contribution in [0, 0.1) is 0 Å². The number of rotatable bonds is 8. The van der Waals surface area contributed by atoms with Gasteiger partial charge in [0.05, 0.1) is 28.3 Å². The van der Waals surface area contributed by atoms with Crippen molar-refractivity contribution in [1.82, 2.24) is 4.98 Å². The Morgan fingerprint density at radius 3 is 2.68 bits per heavy atom. The minimum atomic E-state index is -0.963. The van der Waals surface area contributed by atoms with Gasteiger partial charge in [0.1, 0.15) is 5.75 Å². The number of aromatic nitrogens is 1. The van der Waals surface area contributed by atoms with Crippen LogP contribution in [0.15, 0.2) is 47.8 Å². The molecule has 2 aromatic carbocycles. The number of pyridine rings is 1. The molecule has 0 amide bonds. The molecule has 4 aromatic rings. The van der Waals surface area contributed by atoms with E-state index in [1.165, 1.54) is 0 Å². The van der Waals surface area contributed by atoms with Crippen LogP contribution in [-0.4, -0.2) is 22.2 Å². The van der Waals surface area contributed by atoms with E-state index in [1.54, 1.807) is 17.4 Å². The van der Waals surface area contributed by atoms with E-state index in [4.69, 9.17) is 9.72 Å². The number of hydrogen-bond donors (Lipinski definition) is 1. The molecule has 160 valence electrons. The number of ether oxygens (including phenoxy) is 1. The smallest absolute Gasteiger partial charge is 0.336 e. The molecule has 0 aliphatic heterocycles. The molecule has 2 heterocycles. The lowest BCUT2D eigenvalue weighted by Crippen LogP contribution is -2.16. The lowest BCUT2D eigenvalue weighted by Gasteiger charge is -2.20. The lowest BCUT2D eigenvalue weighted by molar-refractivity contribution is 0.0698. The quantitative estimate of drug-likeness (QED) is 0.316. The first-order valence-corrected chi connectivity index (χ1v) is 11.8. The van der Waals surface area contributed by atoms with Crippen molar-refractivity contribution in [2.24, 2.45) is 0 Å². The average molecular weight is 434 g/mol. The van der Waals surface area contributed by atoms with Crippen molar-refractivity contribution in [3.8, 4) is 17.0 Å². The third kappa shape index (κ3) is 4.02. The number of thiophene rings is 1. The van der Waals surface area contributed by atoms with E-state index in [9.17, 15) is 9.90 Å². The van der Waals surface area contributed by atoms with Crippen LogP contribution in [0.3, 0.4) is 0 Å². The van der Waals surface area contributed by atoms with Gasteiger partial charge in [0.25, 0.3) is 0 Å². The number of nitrogens with zero attached hydrogens (tertiary/aromatic N) is 1. The Kier molecular flexibility index (Phi) is 6.23. The zero-order valence-electron chi connectivity index (χ0n) is 18.1. The maximum Gasteiger partial charge on any atom is 0.336 e. The van der Waals surface area contributed by atoms with Gasteiger partial charge in [-0.1, -0.05) is 51.5 Å². The van der Waals surface area contributed by atoms with Gasteiger partial charge >= 0.3 is 5.97 Å². The number of carboxylic acids is 1. The second-order valence-electron chi connectivity index (χ2n) is 7.74. The summed E-state index contributed by atoms with van der Waals surface area (Å²) >= 11 is 1.65. The molecule has 0 bridgehead atoms. The maximum absolute atomic E-state index is 12.4. The third-order valence-electron chi connectivity index (χ3n) is 5.73. The first-order valence-electron chi connectivity index (χ1n) is 10.9. The van der Waals surface area contributed by atoms with Crippen LogP contribution in [-0.2, 0) is 6.42 Å². The van der Waals surface area contributed by atoms with E-state index in [2.05, 4.69) is 38.3 Å². The molecule has 0 fully saturated rings. The number of carboxylic acid groups (broad SMARTS) is 1. The van der Waals surface area contributed by atoms with Crippen LogP contribution >= 0.6 is 11.3 Å². The van der Waals surface area contributed by atoms with E-state index >= 15 is 0 Å². The Balaban J connectivity index is 1.97.